The number of likely N-dealkylation sites (N-methyl/N-ethyl adjacent to an activating group) is 1. The van der Waals surface area contributed by atoms with Crippen molar-refractivity contribution >= 4 is 37.5 Å². The summed E-state index contributed by atoms with van der Waals surface area (Å²) in [6.45, 7) is 3.81. The molecule has 6 nitrogen and oxygen atoms in total. The molecule has 0 aromatic heterocycles. The average molecular weight is 441 g/mol. The number of halogens is 1. The van der Waals surface area contributed by atoms with Gasteiger partial charge in [-0.25, -0.2) is 8.42 Å². The second-order valence-corrected chi connectivity index (χ2v) is 8.31. The fourth-order valence-electron chi connectivity index (χ4n) is 2.34. The molecule has 0 atom stereocenters. The number of anilines is 1. The Bertz CT molecular complexity index is 883. The van der Waals surface area contributed by atoms with Gasteiger partial charge in [0.15, 0.2) is 0 Å². The highest BCUT2D eigenvalue weighted by Crippen LogP contribution is 2.30. The number of sulfonamides is 1. The topological polar surface area (TPSA) is 75.7 Å². The van der Waals surface area contributed by atoms with Gasteiger partial charge in [-0.3, -0.25) is 9.10 Å². The lowest BCUT2D eigenvalue weighted by Crippen LogP contribution is -2.40. The fourth-order valence-corrected chi connectivity index (χ4v) is 4.48. The second-order valence-electron chi connectivity index (χ2n) is 5.60. The van der Waals surface area contributed by atoms with E-state index in [9.17, 15) is 13.2 Å². The Morgan fingerprint density at radius 2 is 1.85 bits per heavy atom. The summed E-state index contributed by atoms with van der Waals surface area (Å²) in [6.07, 6.45) is 0. The Balaban J connectivity index is 2.49. The van der Waals surface area contributed by atoms with Crippen molar-refractivity contribution in [1.29, 1.82) is 0 Å². The monoisotopic (exact) mass is 440 g/mol. The number of nitrogens with zero attached hydrogens (tertiary/aromatic N) is 1. The van der Waals surface area contributed by atoms with E-state index in [2.05, 4.69) is 21.2 Å². The predicted molar refractivity (Wildman–Crippen MR) is 105 cm³/mol. The van der Waals surface area contributed by atoms with Crippen molar-refractivity contribution in [2.75, 3.05) is 24.5 Å². The van der Waals surface area contributed by atoms with Crippen LogP contribution in [0.15, 0.2) is 51.8 Å². The molecule has 1 N–H and O–H groups in total. The van der Waals surface area contributed by atoms with E-state index in [4.69, 9.17) is 4.74 Å². The van der Waals surface area contributed by atoms with Crippen LogP contribution in [-0.2, 0) is 14.8 Å². The van der Waals surface area contributed by atoms with Crippen LogP contribution >= 0.6 is 15.9 Å². The Morgan fingerprint density at radius 3 is 2.38 bits per heavy atom. The molecule has 1 amide bonds. The highest BCUT2D eigenvalue weighted by molar-refractivity contribution is 9.10. The maximum Gasteiger partial charge on any atom is 0.264 e. The molecule has 0 aliphatic heterocycles. The zero-order valence-corrected chi connectivity index (χ0v) is 17.2. The summed E-state index contributed by atoms with van der Waals surface area (Å²) in [7, 11) is -2.44. The third-order valence-corrected chi connectivity index (χ3v) is 6.08. The number of carbonyl (C=O) groups excluding carboxylic acids is 1. The van der Waals surface area contributed by atoms with Crippen molar-refractivity contribution in [3.8, 4) is 5.75 Å². The molecule has 0 bridgehead atoms. The lowest BCUT2D eigenvalue weighted by atomic mass is 10.2. The van der Waals surface area contributed by atoms with Gasteiger partial charge in [0.1, 0.15) is 12.3 Å². The SMILES string of the molecule is CCNC(=O)CN(c1ccc(C)cc1)S(=O)(=O)c1ccc(OC)c(Br)c1. The van der Waals surface area contributed by atoms with E-state index in [1.165, 1.54) is 19.2 Å². The number of hydrogen-bond donors (Lipinski definition) is 1. The van der Waals surface area contributed by atoms with Crippen molar-refractivity contribution in [3.63, 3.8) is 0 Å². The van der Waals surface area contributed by atoms with E-state index >= 15 is 0 Å². The van der Waals surface area contributed by atoms with E-state index < -0.39 is 10.0 Å². The first kappa shape index (κ1) is 20.3. The number of carbonyl (C=O) groups is 1. The first-order valence-electron chi connectivity index (χ1n) is 7.99. The lowest BCUT2D eigenvalue weighted by molar-refractivity contribution is -0.119. The number of aryl methyl sites for hydroxylation is 1. The van der Waals surface area contributed by atoms with Crippen LogP contribution in [0.1, 0.15) is 12.5 Å². The van der Waals surface area contributed by atoms with Gasteiger partial charge in [-0.05, 0) is 60.1 Å². The standard InChI is InChI=1S/C18H21BrN2O4S/c1-4-20-18(22)12-21(14-7-5-13(2)6-8-14)26(23,24)15-9-10-17(25-3)16(19)11-15/h5-11H,4,12H2,1-3H3,(H,20,22). The molecule has 0 aliphatic rings. The molecule has 0 saturated heterocycles. The smallest absolute Gasteiger partial charge is 0.264 e. The minimum atomic E-state index is -3.94. The second kappa shape index (κ2) is 8.55. The van der Waals surface area contributed by atoms with Crippen LogP contribution < -0.4 is 14.4 Å². The molecule has 0 heterocycles. The average Bonchev–Trinajstić information content (AvgIpc) is 2.60. The number of benzene rings is 2. The summed E-state index contributed by atoms with van der Waals surface area (Å²) in [5, 5.41) is 2.64. The van der Waals surface area contributed by atoms with Gasteiger partial charge in [0, 0.05) is 6.54 Å². The molecule has 0 fully saturated rings. The van der Waals surface area contributed by atoms with E-state index in [1.54, 1.807) is 37.3 Å². The summed E-state index contributed by atoms with van der Waals surface area (Å²) in [5.74, 6) is 0.152. The molecular weight excluding hydrogens is 420 g/mol. The Morgan fingerprint density at radius 1 is 1.19 bits per heavy atom. The highest BCUT2D eigenvalue weighted by Gasteiger charge is 2.27. The van der Waals surface area contributed by atoms with Crippen molar-refractivity contribution in [2.45, 2.75) is 18.7 Å². The summed E-state index contributed by atoms with van der Waals surface area (Å²) < 4.78 is 33.2. The van der Waals surface area contributed by atoms with Gasteiger partial charge in [0.2, 0.25) is 5.91 Å². The summed E-state index contributed by atoms with van der Waals surface area (Å²) in [6, 6.07) is 11.5. The molecule has 0 unspecified atom stereocenters. The Hall–Kier alpha value is -2.06. The molecule has 2 aromatic rings. The first-order valence-corrected chi connectivity index (χ1v) is 10.2. The largest absolute Gasteiger partial charge is 0.496 e. The normalized spacial score (nSPS) is 11.1. The van der Waals surface area contributed by atoms with Crippen LogP contribution in [0.25, 0.3) is 0 Å². The van der Waals surface area contributed by atoms with Crippen LogP contribution in [0.5, 0.6) is 5.75 Å². The van der Waals surface area contributed by atoms with E-state index in [0.717, 1.165) is 9.87 Å². The van der Waals surface area contributed by atoms with Crippen molar-refractivity contribution in [2.24, 2.45) is 0 Å². The van der Waals surface area contributed by atoms with Gasteiger partial charge in [-0.1, -0.05) is 17.7 Å². The fraction of sp³-hybridized carbons (Fsp3) is 0.278. The van der Waals surface area contributed by atoms with Crippen molar-refractivity contribution in [1.82, 2.24) is 5.32 Å². The summed E-state index contributed by atoms with van der Waals surface area (Å²) in [4.78, 5) is 12.2. The van der Waals surface area contributed by atoms with E-state index in [0.29, 0.717) is 22.5 Å². The van der Waals surface area contributed by atoms with Gasteiger partial charge in [0.05, 0.1) is 22.2 Å². The number of hydrogen-bond acceptors (Lipinski definition) is 4. The Kier molecular flexibility index (Phi) is 6.66. The maximum atomic E-state index is 13.2. The van der Waals surface area contributed by atoms with E-state index in [1.807, 2.05) is 6.92 Å². The zero-order chi connectivity index (χ0) is 19.3. The van der Waals surface area contributed by atoms with E-state index in [-0.39, 0.29) is 17.3 Å². The van der Waals surface area contributed by atoms with Crippen LogP contribution in [0.4, 0.5) is 5.69 Å². The first-order chi connectivity index (χ1) is 12.3. The van der Waals surface area contributed by atoms with Gasteiger partial charge in [0.25, 0.3) is 10.0 Å². The van der Waals surface area contributed by atoms with Gasteiger partial charge in [-0.15, -0.1) is 0 Å². The number of nitrogens with one attached hydrogen (secondary N) is 1. The summed E-state index contributed by atoms with van der Waals surface area (Å²) >= 11 is 3.30. The van der Waals surface area contributed by atoms with Crippen LogP contribution in [0.3, 0.4) is 0 Å². The number of ether oxygens (including phenoxy) is 1. The molecule has 0 spiro atoms. The molecule has 0 radical (unpaired) electrons. The molecular formula is C18H21BrN2O4S. The zero-order valence-electron chi connectivity index (χ0n) is 14.8. The Labute approximate surface area is 162 Å². The third kappa shape index (κ3) is 4.56. The van der Waals surface area contributed by atoms with Gasteiger partial charge < -0.3 is 10.1 Å². The minimum absolute atomic E-state index is 0.0649. The minimum Gasteiger partial charge on any atom is -0.496 e. The molecule has 2 rings (SSSR count). The molecule has 8 heteroatoms. The molecule has 0 saturated carbocycles. The highest BCUT2D eigenvalue weighted by atomic mass is 79.9. The van der Waals surface area contributed by atoms with Crippen LogP contribution in [0, 0.1) is 6.92 Å². The van der Waals surface area contributed by atoms with Crippen LogP contribution in [-0.4, -0.2) is 34.5 Å². The maximum absolute atomic E-state index is 13.2. The quantitative estimate of drug-likeness (QED) is 0.717. The lowest BCUT2D eigenvalue weighted by Gasteiger charge is -2.24. The van der Waals surface area contributed by atoms with Crippen molar-refractivity contribution in [3.05, 3.63) is 52.5 Å². The number of rotatable bonds is 7. The molecule has 26 heavy (non-hydrogen) atoms. The van der Waals surface area contributed by atoms with Gasteiger partial charge in [-0.2, -0.15) is 0 Å². The van der Waals surface area contributed by atoms with Crippen molar-refractivity contribution < 1.29 is 17.9 Å². The van der Waals surface area contributed by atoms with Gasteiger partial charge >= 0.3 is 0 Å². The number of amides is 1. The third-order valence-electron chi connectivity index (χ3n) is 3.69. The van der Waals surface area contributed by atoms with Crippen LogP contribution in [0.2, 0.25) is 0 Å². The molecule has 140 valence electrons. The number of methoxy groups -OCH3 is 1. The molecule has 2 aromatic carbocycles. The molecule has 0 aliphatic carbocycles. The summed E-state index contributed by atoms with van der Waals surface area (Å²) in [5.41, 5.74) is 1.42. The predicted octanol–water partition coefficient (Wildman–Crippen LogP) is 3.10.